The Hall–Kier alpha value is -0.360. The second-order valence-corrected chi connectivity index (χ2v) is 4.44. The zero-order valence-electron chi connectivity index (χ0n) is 7.50. The summed E-state index contributed by atoms with van der Waals surface area (Å²) in [6, 6.07) is 3.11. The quantitative estimate of drug-likeness (QED) is 0.852. The Balaban J connectivity index is 0. The van der Waals surface area contributed by atoms with Crippen molar-refractivity contribution < 1.29 is 8.42 Å². The molecule has 0 spiro atoms. The monoisotopic (exact) mass is 258 g/mol. The van der Waals surface area contributed by atoms with Crippen LogP contribution in [0, 0.1) is 0 Å². The third kappa shape index (κ3) is 4.23. The van der Waals surface area contributed by atoms with E-state index in [1.165, 1.54) is 12.3 Å². The molecule has 0 fully saturated rings. The molecule has 0 radical (unpaired) electrons. The van der Waals surface area contributed by atoms with Crippen LogP contribution >= 0.6 is 24.8 Å². The van der Waals surface area contributed by atoms with E-state index in [-0.39, 0.29) is 29.8 Å². The van der Waals surface area contributed by atoms with E-state index in [1.54, 1.807) is 6.07 Å². The lowest BCUT2D eigenvalue weighted by Gasteiger charge is -1.98. The first-order valence-electron chi connectivity index (χ1n) is 3.39. The molecule has 7 heteroatoms. The Kier molecular flexibility index (Phi) is 7.11. The van der Waals surface area contributed by atoms with Crippen molar-refractivity contribution in [2.45, 2.75) is 11.6 Å². The molecule has 1 heterocycles. The van der Waals surface area contributed by atoms with Crippen molar-refractivity contribution in [2.24, 2.45) is 5.73 Å². The highest BCUT2D eigenvalue weighted by molar-refractivity contribution is 7.90. The van der Waals surface area contributed by atoms with Crippen molar-refractivity contribution in [3.05, 3.63) is 23.9 Å². The minimum Gasteiger partial charge on any atom is -0.326 e. The Morgan fingerprint density at radius 1 is 1.36 bits per heavy atom. The Morgan fingerprint density at radius 3 is 2.21 bits per heavy atom. The Bertz CT molecular complexity index is 364. The number of hydrogen-bond acceptors (Lipinski definition) is 4. The SMILES string of the molecule is CS(=O)(=O)c1ccc(CN)cn1.Cl.Cl. The number of rotatable bonds is 2. The molecule has 1 rings (SSSR count). The normalized spacial score (nSPS) is 9.86. The molecular weight excluding hydrogens is 247 g/mol. The first-order valence-corrected chi connectivity index (χ1v) is 5.28. The van der Waals surface area contributed by atoms with Crippen LogP contribution in [0.15, 0.2) is 23.4 Å². The summed E-state index contributed by atoms with van der Waals surface area (Å²) >= 11 is 0. The lowest BCUT2D eigenvalue weighted by molar-refractivity contribution is 0.598. The van der Waals surface area contributed by atoms with Crippen LogP contribution in [0.25, 0.3) is 0 Å². The summed E-state index contributed by atoms with van der Waals surface area (Å²) in [5.74, 6) is 0. The standard InChI is InChI=1S/C7H10N2O2S.2ClH/c1-12(10,11)7-3-2-6(4-8)5-9-7;;/h2-3,5H,4,8H2,1H3;2*1H. The molecule has 1 aromatic heterocycles. The van der Waals surface area contributed by atoms with Gasteiger partial charge >= 0.3 is 0 Å². The van der Waals surface area contributed by atoms with Gasteiger partial charge in [0, 0.05) is 19.0 Å². The number of sulfone groups is 1. The van der Waals surface area contributed by atoms with Gasteiger partial charge in [0.15, 0.2) is 14.9 Å². The number of halogens is 2. The summed E-state index contributed by atoms with van der Waals surface area (Å²) in [6.45, 7) is 0.372. The van der Waals surface area contributed by atoms with Crippen molar-refractivity contribution >= 4 is 34.7 Å². The van der Waals surface area contributed by atoms with Gasteiger partial charge in [-0.05, 0) is 11.6 Å². The van der Waals surface area contributed by atoms with Crippen LogP contribution in [-0.2, 0) is 16.4 Å². The number of hydrogen-bond donors (Lipinski definition) is 1. The minimum absolute atomic E-state index is 0. The van der Waals surface area contributed by atoms with E-state index in [1.807, 2.05) is 0 Å². The van der Waals surface area contributed by atoms with E-state index in [0.717, 1.165) is 11.8 Å². The van der Waals surface area contributed by atoms with E-state index in [2.05, 4.69) is 4.98 Å². The van der Waals surface area contributed by atoms with Crippen LogP contribution in [0.2, 0.25) is 0 Å². The first kappa shape index (κ1) is 16.1. The molecule has 14 heavy (non-hydrogen) atoms. The van der Waals surface area contributed by atoms with Gasteiger partial charge in [0.2, 0.25) is 0 Å². The topological polar surface area (TPSA) is 73.0 Å². The molecule has 0 aliphatic heterocycles. The van der Waals surface area contributed by atoms with Crippen LogP contribution in [-0.4, -0.2) is 19.7 Å². The number of aromatic nitrogens is 1. The molecule has 4 nitrogen and oxygen atoms in total. The van der Waals surface area contributed by atoms with Crippen LogP contribution < -0.4 is 5.73 Å². The molecule has 0 saturated carbocycles. The fraction of sp³-hybridized carbons (Fsp3) is 0.286. The third-order valence-electron chi connectivity index (χ3n) is 1.41. The summed E-state index contributed by atoms with van der Waals surface area (Å²) in [4.78, 5) is 3.75. The van der Waals surface area contributed by atoms with Crippen LogP contribution in [0.4, 0.5) is 0 Å². The van der Waals surface area contributed by atoms with Crippen LogP contribution in [0.5, 0.6) is 0 Å². The Morgan fingerprint density at radius 2 is 1.93 bits per heavy atom. The van der Waals surface area contributed by atoms with E-state index < -0.39 is 9.84 Å². The Labute approximate surface area is 95.7 Å². The molecule has 0 aliphatic carbocycles. The number of nitrogens with two attached hydrogens (primary N) is 1. The number of pyridine rings is 1. The van der Waals surface area contributed by atoms with Gasteiger partial charge in [-0.2, -0.15) is 0 Å². The van der Waals surface area contributed by atoms with Gasteiger partial charge in [0.1, 0.15) is 0 Å². The first-order chi connectivity index (χ1) is 5.54. The second kappa shape index (κ2) is 6.19. The van der Waals surface area contributed by atoms with Gasteiger partial charge in [0.05, 0.1) is 0 Å². The maximum absolute atomic E-state index is 10.9. The van der Waals surface area contributed by atoms with Crippen molar-refractivity contribution in [3.63, 3.8) is 0 Å². The zero-order valence-corrected chi connectivity index (χ0v) is 9.95. The van der Waals surface area contributed by atoms with E-state index in [9.17, 15) is 8.42 Å². The van der Waals surface area contributed by atoms with Gasteiger partial charge in [-0.15, -0.1) is 24.8 Å². The molecule has 0 saturated heterocycles. The highest BCUT2D eigenvalue weighted by Crippen LogP contribution is 2.05. The summed E-state index contributed by atoms with van der Waals surface area (Å²) in [6.07, 6.45) is 2.59. The second-order valence-electron chi connectivity index (χ2n) is 2.48. The molecule has 2 N–H and O–H groups in total. The average molecular weight is 259 g/mol. The predicted octanol–water partition coefficient (Wildman–Crippen LogP) is 0.787. The highest BCUT2D eigenvalue weighted by Gasteiger charge is 2.06. The van der Waals surface area contributed by atoms with Gasteiger partial charge in [-0.1, -0.05) is 6.07 Å². The highest BCUT2D eigenvalue weighted by atomic mass is 35.5. The van der Waals surface area contributed by atoms with Crippen molar-refractivity contribution in [2.75, 3.05) is 6.26 Å². The van der Waals surface area contributed by atoms with Gasteiger partial charge in [-0.25, -0.2) is 13.4 Å². The summed E-state index contributed by atoms with van der Waals surface area (Å²) in [5, 5.41) is 0.0831. The number of nitrogens with zero attached hydrogens (tertiary/aromatic N) is 1. The van der Waals surface area contributed by atoms with Crippen LogP contribution in [0.3, 0.4) is 0 Å². The predicted molar refractivity (Wildman–Crippen MR) is 59.7 cm³/mol. The maximum Gasteiger partial charge on any atom is 0.192 e. The molecule has 82 valence electrons. The van der Waals surface area contributed by atoms with E-state index in [0.29, 0.717) is 6.54 Å². The minimum atomic E-state index is -3.18. The van der Waals surface area contributed by atoms with E-state index in [4.69, 9.17) is 5.73 Å². The third-order valence-corrected chi connectivity index (χ3v) is 2.41. The lowest BCUT2D eigenvalue weighted by atomic mass is 10.3. The largest absolute Gasteiger partial charge is 0.326 e. The molecule has 0 aromatic carbocycles. The molecule has 0 atom stereocenters. The van der Waals surface area contributed by atoms with Crippen molar-refractivity contribution in [3.8, 4) is 0 Å². The molecular formula is C7H12Cl2N2O2S. The maximum atomic E-state index is 10.9. The summed E-state index contributed by atoms with van der Waals surface area (Å²) in [5.41, 5.74) is 6.14. The summed E-state index contributed by atoms with van der Waals surface area (Å²) in [7, 11) is -3.18. The fourth-order valence-corrected chi connectivity index (χ4v) is 1.31. The smallest absolute Gasteiger partial charge is 0.192 e. The van der Waals surface area contributed by atoms with Gasteiger partial charge in [0.25, 0.3) is 0 Å². The van der Waals surface area contributed by atoms with Crippen molar-refractivity contribution in [1.29, 1.82) is 0 Å². The van der Waals surface area contributed by atoms with E-state index >= 15 is 0 Å². The average Bonchev–Trinajstić information content (AvgIpc) is 2.03. The van der Waals surface area contributed by atoms with Gasteiger partial charge < -0.3 is 5.73 Å². The molecule has 0 bridgehead atoms. The summed E-state index contributed by atoms with van der Waals surface area (Å²) < 4.78 is 21.9. The lowest BCUT2D eigenvalue weighted by Crippen LogP contribution is -2.02. The van der Waals surface area contributed by atoms with Crippen LogP contribution in [0.1, 0.15) is 5.56 Å². The zero-order chi connectivity index (χ0) is 9.19. The van der Waals surface area contributed by atoms with Crippen molar-refractivity contribution in [1.82, 2.24) is 4.98 Å². The molecule has 1 aromatic rings. The molecule has 0 aliphatic rings. The molecule has 0 unspecified atom stereocenters. The fourth-order valence-electron chi connectivity index (χ4n) is 0.751. The van der Waals surface area contributed by atoms with Gasteiger partial charge in [-0.3, -0.25) is 0 Å². The molecule has 0 amide bonds.